The van der Waals surface area contributed by atoms with E-state index < -0.39 is 5.82 Å². The van der Waals surface area contributed by atoms with Gasteiger partial charge in [0.1, 0.15) is 10.6 Å². The zero-order valence-electron chi connectivity index (χ0n) is 16.3. The molecular formula is C22H18FN3O2S2. The maximum Gasteiger partial charge on any atom is 0.262 e. The number of thioether (sulfide) groups is 1. The van der Waals surface area contributed by atoms with Crippen LogP contribution in [0.15, 0.2) is 64.5 Å². The van der Waals surface area contributed by atoms with Crippen LogP contribution in [-0.2, 0) is 11.8 Å². The third-order valence-electron chi connectivity index (χ3n) is 4.60. The first kappa shape index (κ1) is 20.3. The zero-order valence-corrected chi connectivity index (χ0v) is 17.9. The molecule has 0 saturated heterocycles. The van der Waals surface area contributed by atoms with Crippen LogP contribution in [0.1, 0.15) is 5.56 Å². The second-order valence-electron chi connectivity index (χ2n) is 6.75. The van der Waals surface area contributed by atoms with Crippen molar-refractivity contribution in [1.82, 2.24) is 9.55 Å². The highest BCUT2D eigenvalue weighted by Crippen LogP contribution is 2.32. The Morgan fingerprint density at radius 2 is 1.97 bits per heavy atom. The van der Waals surface area contributed by atoms with Gasteiger partial charge in [-0.25, -0.2) is 9.37 Å². The van der Waals surface area contributed by atoms with Crippen molar-refractivity contribution in [2.75, 3.05) is 11.1 Å². The number of nitrogens with one attached hydrogen (secondary N) is 1. The van der Waals surface area contributed by atoms with Crippen molar-refractivity contribution in [3.8, 4) is 10.4 Å². The van der Waals surface area contributed by atoms with Crippen molar-refractivity contribution in [3.05, 3.63) is 76.3 Å². The minimum absolute atomic E-state index is 0.0542. The zero-order chi connectivity index (χ0) is 21.3. The van der Waals surface area contributed by atoms with Crippen molar-refractivity contribution in [1.29, 1.82) is 0 Å². The number of thiophene rings is 1. The third kappa shape index (κ3) is 4.15. The number of benzene rings is 2. The topological polar surface area (TPSA) is 64.0 Å². The Balaban J connectivity index is 1.55. The molecule has 0 spiro atoms. The predicted molar refractivity (Wildman–Crippen MR) is 121 cm³/mol. The first-order chi connectivity index (χ1) is 14.4. The fourth-order valence-corrected chi connectivity index (χ4v) is 4.82. The molecule has 5 nitrogen and oxygen atoms in total. The van der Waals surface area contributed by atoms with Gasteiger partial charge in [-0.2, -0.15) is 0 Å². The fourth-order valence-electron chi connectivity index (χ4n) is 2.97. The van der Waals surface area contributed by atoms with E-state index in [2.05, 4.69) is 10.3 Å². The standard InChI is InChI=1S/C22H18FN3O2S2/c1-13-8-9-15(23)10-17(13)24-19(27)12-29-22-25-20-16(21(28)26(22)2)11-18(30-20)14-6-4-3-5-7-14/h3-11H,12H2,1-2H3,(H,24,27). The van der Waals surface area contributed by atoms with Gasteiger partial charge in [-0.05, 0) is 36.2 Å². The number of rotatable bonds is 5. The molecule has 0 aliphatic rings. The molecule has 8 heteroatoms. The molecule has 0 saturated carbocycles. The van der Waals surface area contributed by atoms with Crippen LogP contribution < -0.4 is 10.9 Å². The van der Waals surface area contributed by atoms with Crippen LogP contribution in [0.3, 0.4) is 0 Å². The SMILES string of the molecule is Cc1ccc(F)cc1NC(=O)CSc1nc2sc(-c3ccccc3)cc2c(=O)n1C. The number of halogens is 1. The molecule has 0 unspecified atom stereocenters. The monoisotopic (exact) mass is 439 g/mol. The van der Waals surface area contributed by atoms with Gasteiger partial charge in [0, 0.05) is 17.6 Å². The number of anilines is 1. The molecule has 1 N–H and O–H groups in total. The van der Waals surface area contributed by atoms with E-state index in [9.17, 15) is 14.0 Å². The normalized spacial score (nSPS) is 11.0. The summed E-state index contributed by atoms with van der Waals surface area (Å²) in [7, 11) is 1.64. The summed E-state index contributed by atoms with van der Waals surface area (Å²) in [5.41, 5.74) is 2.08. The molecular weight excluding hydrogens is 421 g/mol. The molecule has 2 heterocycles. The lowest BCUT2D eigenvalue weighted by Gasteiger charge is -2.09. The maximum atomic E-state index is 13.4. The highest BCUT2D eigenvalue weighted by atomic mass is 32.2. The molecule has 0 atom stereocenters. The van der Waals surface area contributed by atoms with Crippen LogP contribution in [0.2, 0.25) is 0 Å². The van der Waals surface area contributed by atoms with E-state index in [1.54, 1.807) is 20.0 Å². The Labute approximate surface area is 180 Å². The lowest BCUT2D eigenvalue weighted by Crippen LogP contribution is -2.21. The second-order valence-corrected chi connectivity index (χ2v) is 8.72. The van der Waals surface area contributed by atoms with E-state index in [0.717, 1.165) is 16.0 Å². The molecule has 0 aliphatic heterocycles. The number of carbonyl (C=O) groups excluding carboxylic acids is 1. The lowest BCUT2D eigenvalue weighted by molar-refractivity contribution is -0.113. The first-order valence-corrected chi connectivity index (χ1v) is 11.0. The van der Waals surface area contributed by atoms with Crippen molar-refractivity contribution < 1.29 is 9.18 Å². The molecule has 30 heavy (non-hydrogen) atoms. The van der Waals surface area contributed by atoms with Crippen LogP contribution >= 0.6 is 23.1 Å². The highest BCUT2D eigenvalue weighted by molar-refractivity contribution is 7.99. The average molecular weight is 440 g/mol. The van der Waals surface area contributed by atoms with Crippen LogP contribution in [0.4, 0.5) is 10.1 Å². The molecule has 152 valence electrons. The number of carbonyl (C=O) groups is 1. The largest absolute Gasteiger partial charge is 0.325 e. The highest BCUT2D eigenvalue weighted by Gasteiger charge is 2.15. The van der Waals surface area contributed by atoms with Gasteiger partial charge in [-0.15, -0.1) is 11.3 Å². The van der Waals surface area contributed by atoms with Crippen molar-refractivity contribution in [2.24, 2.45) is 7.05 Å². The molecule has 0 fully saturated rings. The summed E-state index contributed by atoms with van der Waals surface area (Å²) < 4.78 is 14.9. The van der Waals surface area contributed by atoms with E-state index in [1.165, 1.54) is 39.8 Å². The van der Waals surface area contributed by atoms with Gasteiger partial charge in [0.05, 0.1) is 11.1 Å². The molecule has 2 aromatic heterocycles. The van der Waals surface area contributed by atoms with Gasteiger partial charge < -0.3 is 5.32 Å². The maximum absolute atomic E-state index is 13.4. The molecule has 0 aliphatic carbocycles. The molecule has 4 aromatic rings. The Hall–Kier alpha value is -2.97. The average Bonchev–Trinajstić information content (AvgIpc) is 3.17. The van der Waals surface area contributed by atoms with Gasteiger partial charge in [0.25, 0.3) is 5.56 Å². The minimum Gasteiger partial charge on any atom is -0.325 e. The number of hydrogen-bond donors (Lipinski definition) is 1. The van der Waals surface area contributed by atoms with Crippen molar-refractivity contribution in [3.63, 3.8) is 0 Å². The summed E-state index contributed by atoms with van der Waals surface area (Å²) in [5.74, 6) is -0.650. The summed E-state index contributed by atoms with van der Waals surface area (Å²) in [4.78, 5) is 31.3. The second kappa shape index (κ2) is 8.41. The molecule has 4 rings (SSSR count). The van der Waals surface area contributed by atoms with Crippen molar-refractivity contribution in [2.45, 2.75) is 12.1 Å². The summed E-state index contributed by atoms with van der Waals surface area (Å²) in [5, 5.41) is 3.72. The summed E-state index contributed by atoms with van der Waals surface area (Å²) >= 11 is 2.62. The van der Waals surface area contributed by atoms with Crippen LogP contribution in [0.5, 0.6) is 0 Å². The summed E-state index contributed by atoms with van der Waals surface area (Å²) in [6.45, 7) is 1.79. The van der Waals surface area contributed by atoms with E-state index in [0.29, 0.717) is 21.1 Å². The van der Waals surface area contributed by atoms with Crippen LogP contribution in [0, 0.1) is 12.7 Å². The third-order valence-corrected chi connectivity index (χ3v) is 6.70. The van der Waals surface area contributed by atoms with Crippen molar-refractivity contribution >= 4 is 44.9 Å². The smallest absolute Gasteiger partial charge is 0.262 e. The van der Waals surface area contributed by atoms with Gasteiger partial charge in [-0.1, -0.05) is 48.2 Å². The number of aromatic nitrogens is 2. The number of aryl methyl sites for hydroxylation is 1. The first-order valence-electron chi connectivity index (χ1n) is 9.17. The number of hydrogen-bond acceptors (Lipinski definition) is 5. The molecule has 1 amide bonds. The van der Waals surface area contributed by atoms with E-state index >= 15 is 0 Å². The van der Waals surface area contributed by atoms with E-state index in [4.69, 9.17) is 0 Å². The molecule has 2 aromatic carbocycles. The minimum atomic E-state index is -0.412. The number of fused-ring (bicyclic) bond motifs is 1. The number of amides is 1. The van der Waals surface area contributed by atoms with Gasteiger partial charge in [0.15, 0.2) is 5.16 Å². The van der Waals surface area contributed by atoms with Gasteiger partial charge >= 0.3 is 0 Å². The summed E-state index contributed by atoms with van der Waals surface area (Å²) in [6, 6.07) is 15.9. The van der Waals surface area contributed by atoms with Gasteiger partial charge in [-0.3, -0.25) is 14.2 Å². The molecule has 0 bridgehead atoms. The Kier molecular flexibility index (Phi) is 5.69. The van der Waals surface area contributed by atoms with Crippen LogP contribution in [0.25, 0.3) is 20.7 Å². The van der Waals surface area contributed by atoms with E-state index in [-0.39, 0.29) is 17.2 Å². The molecule has 0 radical (unpaired) electrons. The Bertz CT molecular complexity index is 1300. The predicted octanol–water partition coefficient (Wildman–Crippen LogP) is 4.84. The Morgan fingerprint density at radius 3 is 2.73 bits per heavy atom. The van der Waals surface area contributed by atoms with E-state index in [1.807, 2.05) is 36.4 Å². The fraction of sp³-hybridized carbons (Fsp3) is 0.136. The number of nitrogens with zero attached hydrogens (tertiary/aromatic N) is 2. The van der Waals surface area contributed by atoms with Gasteiger partial charge in [0.2, 0.25) is 5.91 Å². The lowest BCUT2D eigenvalue weighted by atomic mass is 10.2. The quantitative estimate of drug-likeness (QED) is 0.357. The van der Waals surface area contributed by atoms with Crippen LogP contribution in [-0.4, -0.2) is 21.2 Å². The summed E-state index contributed by atoms with van der Waals surface area (Å²) in [6.07, 6.45) is 0. The Morgan fingerprint density at radius 1 is 1.20 bits per heavy atom.